The smallest absolute Gasteiger partial charge is 0.272 e. The molecule has 8 heteroatoms. The van der Waals surface area contributed by atoms with E-state index in [4.69, 9.17) is 14.2 Å². The van der Waals surface area contributed by atoms with E-state index in [0.717, 1.165) is 23.6 Å². The Balaban J connectivity index is 1.49. The number of rotatable bonds is 6. The summed E-state index contributed by atoms with van der Waals surface area (Å²) in [5.41, 5.74) is 1.94. The van der Waals surface area contributed by atoms with Crippen LogP contribution in [0.4, 0.5) is 8.78 Å². The van der Waals surface area contributed by atoms with Crippen LogP contribution in [0.15, 0.2) is 47.2 Å². The molecule has 0 amide bonds. The molecule has 6 nitrogen and oxygen atoms in total. The summed E-state index contributed by atoms with van der Waals surface area (Å²) in [6.07, 6.45) is 5.51. The highest BCUT2D eigenvalue weighted by molar-refractivity contribution is 5.95. The first kappa shape index (κ1) is 20.1. The van der Waals surface area contributed by atoms with Crippen molar-refractivity contribution < 1.29 is 27.8 Å². The van der Waals surface area contributed by atoms with E-state index in [2.05, 4.69) is 10.2 Å². The summed E-state index contributed by atoms with van der Waals surface area (Å²) in [6.45, 7) is 4.29. The SMILES string of the molecule is CC1C(=O)C=C(NC[C@@H]2COCCO2)N2CC3CC=C(OCC(F)F)C=C3C=C12. The van der Waals surface area contributed by atoms with Crippen molar-refractivity contribution in [2.75, 3.05) is 39.5 Å². The van der Waals surface area contributed by atoms with Gasteiger partial charge in [0.15, 0.2) is 5.78 Å². The van der Waals surface area contributed by atoms with E-state index in [9.17, 15) is 13.6 Å². The molecule has 0 saturated carbocycles. The van der Waals surface area contributed by atoms with Crippen molar-refractivity contribution in [1.29, 1.82) is 0 Å². The van der Waals surface area contributed by atoms with Crippen LogP contribution in [0.1, 0.15) is 13.3 Å². The number of fused-ring (bicyclic) bond motifs is 2. The maximum absolute atomic E-state index is 12.5. The largest absolute Gasteiger partial charge is 0.488 e. The van der Waals surface area contributed by atoms with Crippen molar-refractivity contribution in [3.05, 3.63) is 47.2 Å². The van der Waals surface area contributed by atoms with Crippen LogP contribution in [-0.4, -0.2) is 62.7 Å². The maximum Gasteiger partial charge on any atom is 0.272 e. The minimum atomic E-state index is -2.50. The Bertz CT molecular complexity index is 769. The second-order valence-corrected chi connectivity index (χ2v) is 7.67. The molecule has 3 aliphatic heterocycles. The van der Waals surface area contributed by atoms with Crippen LogP contribution >= 0.6 is 0 Å². The summed E-state index contributed by atoms with van der Waals surface area (Å²) in [6, 6.07) is 0. The van der Waals surface area contributed by atoms with Crippen LogP contribution in [0.2, 0.25) is 0 Å². The molecule has 1 saturated heterocycles. The molecule has 4 aliphatic rings. The predicted octanol–water partition coefficient (Wildman–Crippen LogP) is 2.36. The molecule has 29 heavy (non-hydrogen) atoms. The number of ether oxygens (including phenoxy) is 3. The maximum atomic E-state index is 12.5. The molecular weight excluding hydrogens is 382 g/mol. The Hall–Kier alpha value is -2.19. The fourth-order valence-corrected chi connectivity index (χ4v) is 4.01. The van der Waals surface area contributed by atoms with Gasteiger partial charge in [0.2, 0.25) is 0 Å². The zero-order valence-corrected chi connectivity index (χ0v) is 16.4. The first-order valence-corrected chi connectivity index (χ1v) is 10.0. The minimum absolute atomic E-state index is 0.0374. The number of allylic oxidation sites excluding steroid dienone is 5. The molecule has 1 fully saturated rings. The third-order valence-corrected chi connectivity index (χ3v) is 5.63. The molecule has 0 aromatic carbocycles. The molecule has 0 spiro atoms. The van der Waals surface area contributed by atoms with Crippen molar-refractivity contribution in [3.63, 3.8) is 0 Å². The Morgan fingerprint density at radius 1 is 1.31 bits per heavy atom. The highest BCUT2D eigenvalue weighted by Gasteiger charge is 2.36. The predicted molar refractivity (Wildman–Crippen MR) is 102 cm³/mol. The number of halogens is 2. The third-order valence-electron chi connectivity index (χ3n) is 5.63. The van der Waals surface area contributed by atoms with Crippen molar-refractivity contribution >= 4 is 5.78 Å². The summed E-state index contributed by atoms with van der Waals surface area (Å²) in [5.74, 6) is 1.25. The Labute approximate surface area is 168 Å². The normalized spacial score (nSPS) is 29.3. The molecule has 0 aromatic heterocycles. The van der Waals surface area contributed by atoms with Crippen molar-refractivity contribution in [2.45, 2.75) is 25.9 Å². The number of carbonyl (C=O) groups excluding carboxylic acids is 1. The third kappa shape index (κ3) is 4.53. The quantitative estimate of drug-likeness (QED) is 0.728. The molecule has 2 unspecified atom stereocenters. The van der Waals surface area contributed by atoms with Gasteiger partial charge in [0, 0.05) is 30.8 Å². The van der Waals surface area contributed by atoms with Gasteiger partial charge >= 0.3 is 0 Å². The van der Waals surface area contributed by atoms with Gasteiger partial charge < -0.3 is 24.4 Å². The molecule has 0 aromatic rings. The van der Waals surface area contributed by atoms with E-state index in [0.29, 0.717) is 38.5 Å². The summed E-state index contributed by atoms with van der Waals surface area (Å²) >= 11 is 0. The van der Waals surface area contributed by atoms with E-state index < -0.39 is 13.0 Å². The standard InChI is InChI=1S/C21H26F2N2O4/c1-13-18-7-15-6-16(29-12-20(22)23)3-2-14(15)10-25(18)21(8-19(13)26)24-9-17-11-27-4-5-28-17/h3,6-8,13-14,17,20,24H,2,4-5,9-12H2,1H3/t13?,14?,17-/m1/s1. The molecular formula is C21H26F2N2O4. The zero-order chi connectivity index (χ0) is 20.4. The van der Waals surface area contributed by atoms with Gasteiger partial charge in [-0.1, -0.05) is 0 Å². The molecule has 158 valence electrons. The second-order valence-electron chi connectivity index (χ2n) is 7.67. The van der Waals surface area contributed by atoms with Crippen LogP contribution in [0.5, 0.6) is 0 Å². The highest BCUT2D eigenvalue weighted by Crippen LogP contribution is 2.38. The first-order chi connectivity index (χ1) is 14.0. The van der Waals surface area contributed by atoms with Gasteiger partial charge in [0.1, 0.15) is 18.2 Å². The van der Waals surface area contributed by atoms with Crippen LogP contribution in [0.25, 0.3) is 0 Å². The topological polar surface area (TPSA) is 60.0 Å². The van der Waals surface area contributed by atoms with Gasteiger partial charge in [0.25, 0.3) is 6.43 Å². The lowest BCUT2D eigenvalue weighted by Gasteiger charge is -2.43. The van der Waals surface area contributed by atoms with E-state index in [-0.39, 0.29) is 23.7 Å². The molecule has 3 atom stereocenters. The van der Waals surface area contributed by atoms with Gasteiger partial charge in [-0.2, -0.15) is 0 Å². The summed E-state index contributed by atoms with van der Waals surface area (Å²) < 4.78 is 41.1. The summed E-state index contributed by atoms with van der Waals surface area (Å²) in [4.78, 5) is 14.7. The van der Waals surface area contributed by atoms with Gasteiger partial charge in [-0.25, -0.2) is 8.78 Å². The number of carbonyl (C=O) groups is 1. The van der Waals surface area contributed by atoms with Gasteiger partial charge in [0.05, 0.1) is 31.8 Å². The van der Waals surface area contributed by atoms with Crippen LogP contribution in [0, 0.1) is 11.8 Å². The van der Waals surface area contributed by atoms with Crippen molar-refractivity contribution in [2.24, 2.45) is 11.8 Å². The fraction of sp³-hybridized carbons (Fsp3) is 0.571. The van der Waals surface area contributed by atoms with E-state index in [1.807, 2.05) is 25.2 Å². The Morgan fingerprint density at radius 3 is 2.93 bits per heavy atom. The Kier molecular flexibility index (Phi) is 6.01. The van der Waals surface area contributed by atoms with Crippen molar-refractivity contribution in [1.82, 2.24) is 10.2 Å². The lowest BCUT2D eigenvalue weighted by Crippen LogP contribution is -2.47. The van der Waals surface area contributed by atoms with Crippen LogP contribution in [-0.2, 0) is 19.0 Å². The molecule has 1 N–H and O–H groups in total. The monoisotopic (exact) mass is 408 g/mol. The van der Waals surface area contributed by atoms with Gasteiger partial charge in [-0.05, 0) is 37.1 Å². The number of ketones is 1. The molecule has 1 aliphatic carbocycles. The number of hydrogen-bond donors (Lipinski definition) is 1. The fourth-order valence-electron chi connectivity index (χ4n) is 4.01. The summed E-state index contributed by atoms with van der Waals surface area (Å²) in [7, 11) is 0. The minimum Gasteiger partial charge on any atom is -0.488 e. The second kappa shape index (κ2) is 8.67. The van der Waals surface area contributed by atoms with Gasteiger partial charge in [-0.15, -0.1) is 0 Å². The van der Waals surface area contributed by atoms with Gasteiger partial charge in [-0.3, -0.25) is 4.79 Å². The number of nitrogens with zero attached hydrogens (tertiary/aromatic N) is 1. The zero-order valence-electron chi connectivity index (χ0n) is 16.4. The van der Waals surface area contributed by atoms with Crippen LogP contribution < -0.4 is 5.32 Å². The van der Waals surface area contributed by atoms with Crippen molar-refractivity contribution in [3.8, 4) is 0 Å². The molecule has 4 rings (SSSR count). The lowest BCUT2D eigenvalue weighted by molar-refractivity contribution is -0.118. The van der Waals surface area contributed by atoms with E-state index in [1.54, 1.807) is 6.08 Å². The molecule has 0 radical (unpaired) electrons. The number of alkyl halides is 2. The van der Waals surface area contributed by atoms with E-state index in [1.165, 1.54) is 0 Å². The highest BCUT2D eigenvalue weighted by atomic mass is 19.3. The average molecular weight is 408 g/mol. The average Bonchev–Trinajstić information content (AvgIpc) is 2.73. The Morgan fingerprint density at radius 2 is 2.17 bits per heavy atom. The summed E-state index contributed by atoms with van der Waals surface area (Å²) in [5, 5.41) is 3.36. The first-order valence-electron chi connectivity index (χ1n) is 10.0. The lowest BCUT2D eigenvalue weighted by atomic mass is 9.83. The molecule has 0 bridgehead atoms. The van der Waals surface area contributed by atoms with E-state index >= 15 is 0 Å². The number of nitrogens with one attached hydrogen (secondary N) is 1. The number of hydrogen-bond acceptors (Lipinski definition) is 6. The molecule has 3 heterocycles. The van der Waals surface area contributed by atoms with Crippen LogP contribution in [0.3, 0.4) is 0 Å².